The summed E-state index contributed by atoms with van der Waals surface area (Å²) in [6, 6.07) is 0. The number of allylic oxidation sites excluding steroid dienone is 16. The predicted molar refractivity (Wildman–Crippen MR) is 252 cm³/mol. The van der Waals surface area contributed by atoms with Crippen molar-refractivity contribution in [3.8, 4) is 0 Å². The molecule has 0 radical (unpaired) electrons. The summed E-state index contributed by atoms with van der Waals surface area (Å²) in [5.41, 5.74) is 0. The first-order valence-corrected chi connectivity index (χ1v) is 24.5. The molecule has 0 bridgehead atoms. The first kappa shape index (κ1) is 56.9. The number of ether oxygens (including phenoxy) is 2. The molecule has 0 saturated heterocycles. The highest BCUT2D eigenvalue weighted by molar-refractivity contribution is 7.47. The highest BCUT2D eigenvalue weighted by Crippen LogP contribution is 2.43. The second kappa shape index (κ2) is 41.3. The second-order valence-electron chi connectivity index (χ2n) is 16.1. The molecular formula is C50H85NO8P+. The van der Waals surface area contributed by atoms with Crippen molar-refractivity contribution in [1.29, 1.82) is 0 Å². The first-order valence-electron chi connectivity index (χ1n) is 23.0. The van der Waals surface area contributed by atoms with E-state index >= 15 is 0 Å². The number of nitrogens with zero attached hydrogens (tertiary/aromatic N) is 1. The number of hydrogen-bond donors (Lipinski definition) is 1. The fourth-order valence-corrected chi connectivity index (χ4v) is 6.21. The lowest BCUT2D eigenvalue weighted by Crippen LogP contribution is -2.37. The Labute approximate surface area is 366 Å². The van der Waals surface area contributed by atoms with Gasteiger partial charge in [0.2, 0.25) is 0 Å². The van der Waals surface area contributed by atoms with Gasteiger partial charge < -0.3 is 18.9 Å². The van der Waals surface area contributed by atoms with Gasteiger partial charge in [-0.15, -0.1) is 0 Å². The monoisotopic (exact) mass is 859 g/mol. The third kappa shape index (κ3) is 44.5. The van der Waals surface area contributed by atoms with E-state index in [0.29, 0.717) is 23.9 Å². The Bertz CT molecular complexity index is 1340. The molecule has 10 heteroatoms. The average Bonchev–Trinajstić information content (AvgIpc) is 3.20. The number of carbonyl (C=O) groups is 2. The molecule has 342 valence electrons. The number of phosphoric ester groups is 1. The van der Waals surface area contributed by atoms with Gasteiger partial charge in [0.1, 0.15) is 19.8 Å². The molecule has 0 amide bonds. The van der Waals surface area contributed by atoms with Crippen LogP contribution >= 0.6 is 7.82 Å². The lowest BCUT2D eigenvalue weighted by Gasteiger charge is -2.24. The quantitative estimate of drug-likeness (QED) is 0.0213. The van der Waals surface area contributed by atoms with Gasteiger partial charge in [0.05, 0.1) is 27.7 Å². The molecule has 0 spiro atoms. The summed E-state index contributed by atoms with van der Waals surface area (Å²) in [6.07, 6.45) is 54.7. The maximum absolute atomic E-state index is 12.7. The molecule has 0 rings (SSSR count). The average molecular weight is 859 g/mol. The van der Waals surface area contributed by atoms with Crippen LogP contribution in [0.3, 0.4) is 0 Å². The minimum absolute atomic E-state index is 0.0105. The van der Waals surface area contributed by atoms with Gasteiger partial charge in [-0.1, -0.05) is 150 Å². The Hall–Kier alpha value is -3.07. The van der Waals surface area contributed by atoms with Crippen LogP contribution in [0.15, 0.2) is 97.2 Å². The van der Waals surface area contributed by atoms with Gasteiger partial charge in [-0.05, 0) is 89.9 Å². The standard InChI is InChI=1S/C50H84NO8P/c1-6-8-10-12-14-16-18-20-22-24-25-27-28-30-32-34-36-38-40-42-49(52)56-46-48(47-58-60(54,55)57-45-44-51(3,4)5)59-50(53)43-41-39-37-35-33-31-29-26-23-21-19-17-15-13-11-9-7-2/h14-17,20-23,25,27,29-32,36,38,48H,6-13,18-19,24,26,28,33-35,37,39-47H2,1-5H3/p+1/b16-14+,17-15+,22-20+,23-21+,27-25+,31-29+,32-30+,38-36+/t48-/m1/s1. The number of quaternary nitrogens is 1. The van der Waals surface area contributed by atoms with E-state index in [2.05, 4.69) is 98.9 Å². The maximum Gasteiger partial charge on any atom is 0.472 e. The third-order valence-electron chi connectivity index (χ3n) is 9.10. The molecule has 2 atom stereocenters. The summed E-state index contributed by atoms with van der Waals surface area (Å²) >= 11 is 0. The SMILES string of the molecule is CCCCC/C=C/C/C=C/C/C=C/C/C=C/C/C=C/CCC(=O)OC[C@H](COP(=O)(O)OCC[N+](C)(C)C)OC(=O)CCCCCC/C=C/C/C=C/C/C=C/CCCCC. The Morgan fingerprint density at radius 1 is 0.517 bits per heavy atom. The van der Waals surface area contributed by atoms with Gasteiger partial charge in [0.15, 0.2) is 6.10 Å². The van der Waals surface area contributed by atoms with Crippen molar-refractivity contribution >= 4 is 19.8 Å². The number of phosphoric acid groups is 1. The van der Waals surface area contributed by atoms with Crippen LogP contribution in [0.2, 0.25) is 0 Å². The van der Waals surface area contributed by atoms with E-state index in [1.54, 1.807) is 0 Å². The molecule has 9 nitrogen and oxygen atoms in total. The molecule has 0 heterocycles. The summed E-state index contributed by atoms with van der Waals surface area (Å²) in [6.45, 7) is 4.23. The van der Waals surface area contributed by atoms with Gasteiger partial charge in [0, 0.05) is 12.8 Å². The van der Waals surface area contributed by atoms with Crippen LogP contribution in [0.4, 0.5) is 0 Å². The van der Waals surface area contributed by atoms with Crippen molar-refractivity contribution in [3.05, 3.63) is 97.2 Å². The van der Waals surface area contributed by atoms with Crippen LogP contribution in [-0.2, 0) is 32.7 Å². The topological polar surface area (TPSA) is 108 Å². The van der Waals surface area contributed by atoms with Gasteiger partial charge in [0.25, 0.3) is 0 Å². The number of unbranched alkanes of at least 4 members (excludes halogenated alkanes) is 10. The van der Waals surface area contributed by atoms with Crippen LogP contribution in [0, 0.1) is 0 Å². The molecule has 0 aromatic rings. The molecule has 0 saturated carbocycles. The lowest BCUT2D eigenvalue weighted by molar-refractivity contribution is -0.870. The zero-order valence-corrected chi connectivity index (χ0v) is 39.3. The summed E-state index contributed by atoms with van der Waals surface area (Å²) in [4.78, 5) is 35.4. The number of hydrogen-bond acceptors (Lipinski definition) is 7. The van der Waals surface area contributed by atoms with E-state index < -0.39 is 32.5 Å². The van der Waals surface area contributed by atoms with E-state index in [1.807, 2.05) is 33.3 Å². The molecule has 0 aromatic heterocycles. The Morgan fingerprint density at radius 2 is 0.933 bits per heavy atom. The molecule has 0 aliphatic heterocycles. The third-order valence-corrected chi connectivity index (χ3v) is 10.1. The highest BCUT2D eigenvalue weighted by atomic mass is 31.2. The fourth-order valence-electron chi connectivity index (χ4n) is 5.47. The largest absolute Gasteiger partial charge is 0.472 e. The maximum atomic E-state index is 12.7. The Kier molecular flexibility index (Phi) is 39.2. The van der Waals surface area contributed by atoms with Crippen LogP contribution in [0.5, 0.6) is 0 Å². The number of carbonyl (C=O) groups excluding carboxylic acids is 2. The Morgan fingerprint density at radius 3 is 1.38 bits per heavy atom. The smallest absolute Gasteiger partial charge is 0.462 e. The van der Waals surface area contributed by atoms with E-state index in [4.69, 9.17) is 18.5 Å². The molecule has 1 N–H and O–H groups in total. The zero-order valence-electron chi connectivity index (χ0n) is 38.4. The van der Waals surface area contributed by atoms with E-state index in [1.165, 1.54) is 51.4 Å². The van der Waals surface area contributed by atoms with E-state index in [-0.39, 0.29) is 26.1 Å². The molecule has 0 aromatic carbocycles. The van der Waals surface area contributed by atoms with Crippen LogP contribution < -0.4 is 0 Å². The summed E-state index contributed by atoms with van der Waals surface area (Å²) in [5.74, 6) is -0.930. The highest BCUT2D eigenvalue weighted by Gasteiger charge is 2.27. The summed E-state index contributed by atoms with van der Waals surface area (Å²) in [5, 5.41) is 0. The van der Waals surface area contributed by atoms with Crippen molar-refractivity contribution in [2.75, 3.05) is 47.5 Å². The van der Waals surface area contributed by atoms with Crippen LogP contribution in [0.1, 0.15) is 155 Å². The molecule has 1 unspecified atom stereocenters. The van der Waals surface area contributed by atoms with Crippen molar-refractivity contribution < 1.29 is 42.1 Å². The van der Waals surface area contributed by atoms with E-state index in [0.717, 1.165) is 64.2 Å². The van der Waals surface area contributed by atoms with Crippen LogP contribution in [-0.4, -0.2) is 74.9 Å². The van der Waals surface area contributed by atoms with Crippen molar-refractivity contribution in [2.24, 2.45) is 0 Å². The lowest BCUT2D eigenvalue weighted by atomic mass is 10.1. The van der Waals surface area contributed by atoms with Crippen molar-refractivity contribution in [1.82, 2.24) is 0 Å². The van der Waals surface area contributed by atoms with Crippen molar-refractivity contribution in [2.45, 2.75) is 161 Å². The summed E-state index contributed by atoms with van der Waals surface area (Å²) < 4.78 is 34.2. The van der Waals surface area contributed by atoms with Crippen molar-refractivity contribution in [3.63, 3.8) is 0 Å². The fraction of sp³-hybridized carbons (Fsp3) is 0.640. The molecule has 0 aliphatic rings. The predicted octanol–water partition coefficient (Wildman–Crippen LogP) is 13.4. The Balaban J connectivity index is 4.53. The number of rotatable bonds is 40. The second-order valence-corrected chi connectivity index (χ2v) is 17.5. The number of likely N-dealkylation sites (N-methyl/N-ethyl adjacent to an activating group) is 1. The van der Waals surface area contributed by atoms with Crippen LogP contribution in [0.25, 0.3) is 0 Å². The summed E-state index contributed by atoms with van der Waals surface area (Å²) in [7, 11) is 1.41. The minimum atomic E-state index is -4.41. The minimum Gasteiger partial charge on any atom is -0.462 e. The van der Waals surface area contributed by atoms with Gasteiger partial charge in [-0.2, -0.15) is 0 Å². The molecule has 60 heavy (non-hydrogen) atoms. The van der Waals surface area contributed by atoms with E-state index in [9.17, 15) is 19.0 Å². The molecule has 0 fully saturated rings. The number of esters is 2. The molecular weight excluding hydrogens is 774 g/mol. The van der Waals surface area contributed by atoms with Gasteiger partial charge >= 0.3 is 19.8 Å². The first-order chi connectivity index (χ1) is 29.0. The zero-order chi connectivity index (χ0) is 44.3. The molecule has 0 aliphatic carbocycles. The van der Waals surface area contributed by atoms with Gasteiger partial charge in [-0.3, -0.25) is 18.6 Å². The van der Waals surface area contributed by atoms with Gasteiger partial charge in [-0.25, -0.2) is 4.57 Å². The normalized spacial score (nSPS) is 14.4.